The largest absolute Gasteiger partial charge is 0.380 e. The van der Waals surface area contributed by atoms with Crippen molar-refractivity contribution in [3.8, 4) is 0 Å². The zero-order valence-electron chi connectivity index (χ0n) is 10.9. The molecule has 2 N–H and O–H groups in total. The van der Waals surface area contributed by atoms with Crippen molar-refractivity contribution in [1.82, 2.24) is 10.3 Å². The molecule has 4 nitrogen and oxygen atoms in total. The summed E-state index contributed by atoms with van der Waals surface area (Å²) in [5, 5.41) is 14.0. The van der Waals surface area contributed by atoms with Crippen molar-refractivity contribution in [2.24, 2.45) is 0 Å². The highest BCUT2D eigenvalue weighted by atomic mass is 32.1. The van der Waals surface area contributed by atoms with Crippen molar-refractivity contribution in [2.75, 3.05) is 0 Å². The van der Waals surface area contributed by atoms with Gasteiger partial charge in [0.2, 0.25) is 0 Å². The second-order valence-electron chi connectivity index (χ2n) is 4.95. The zero-order valence-corrected chi connectivity index (χ0v) is 11.7. The first-order chi connectivity index (χ1) is 8.55. The molecule has 0 spiro atoms. The van der Waals surface area contributed by atoms with Crippen LogP contribution in [0.3, 0.4) is 0 Å². The van der Waals surface area contributed by atoms with Crippen LogP contribution in [0.5, 0.6) is 0 Å². The van der Waals surface area contributed by atoms with Crippen LogP contribution in [-0.2, 0) is 11.2 Å². The van der Waals surface area contributed by atoms with E-state index in [2.05, 4.69) is 17.2 Å². The molecule has 18 heavy (non-hydrogen) atoms. The lowest BCUT2D eigenvalue weighted by molar-refractivity contribution is -0.139. The van der Waals surface area contributed by atoms with E-state index >= 15 is 0 Å². The van der Waals surface area contributed by atoms with Crippen LogP contribution in [-0.4, -0.2) is 21.6 Å². The Labute approximate surface area is 111 Å². The highest BCUT2D eigenvalue weighted by Crippen LogP contribution is 2.30. The van der Waals surface area contributed by atoms with Gasteiger partial charge in [-0.3, -0.25) is 4.79 Å². The Morgan fingerprint density at radius 2 is 2.28 bits per heavy atom. The molecule has 1 aromatic rings. The van der Waals surface area contributed by atoms with E-state index in [1.54, 1.807) is 11.3 Å². The van der Waals surface area contributed by atoms with Gasteiger partial charge in [0.25, 0.3) is 5.91 Å². The second-order valence-corrected chi connectivity index (χ2v) is 6.10. The van der Waals surface area contributed by atoms with Crippen molar-refractivity contribution in [2.45, 2.75) is 57.6 Å². The van der Waals surface area contributed by atoms with Gasteiger partial charge in [-0.25, -0.2) is 4.98 Å². The first-order valence-electron chi connectivity index (χ1n) is 6.53. The van der Waals surface area contributed by atoms with Gasteiger partial charge < -0.3 is 10.4 Å². The van der Waals surface area contributed by atoms with Crippen LogP contribution >= 0.6 is 11.3 Å². The normalized spacial score (nSPS) is 19.7. The molecule has 1 heterocycles. The van der Waals surface area contributed by atoms with Crippen LogP contribution in [0.1, 0.15) is 55.5 Å². The SMILES string of the molecule is CCc1cnc(C(C)NC(=O)C2(O)CCCC2)s1. The topological polar surface area (TPSA) is 62.2 Å². The lowest BCUT2D eigenvalue weighted by Gasteiger charge is -2.23. The Morgan fingerprint density at radius 3 is 2.83 bits per heavy atom. The highest BCUT2D eigenvalue weighted by Gasteiger charge is 2.39. The Bertz CT molecular complexity index is 424. The summed E-state index contributed by atoms with van der Waals surface area (Å²) in [5.41, 5.74) is -1.15. The van der Waals surface area contributed by atoms with Crippen LogP contribution in [0.4, 0.5) is 0 Å². The average molecular weight is 268 g/mol. The van der Waals surface area contributed by atoms with E-state index in [1.807, 2.05) is 13.1 Å². The molecule has 1 aromatic heterocycles. The van der Waals surface area contributed by atoms with Crippen molar-refractivity contribution >= 4 is 17.2 Å². The maximum absolute atomic E-state index is 12.0. The molecule has 1 amide bonds. The smallest absolute Gasteiger partial charge is 0.252 e. The maximum atomic E-state index is 12.0. The van der Waals surface area contributed by atoms with Crippen LogP contribution in [0.2, 0.25) is 0 Å². The Hall–Kier alpha value is -0.940. The summed E-state index contributed by atoms with van der Waals surface area (Å²) < 4.78 is 0. The summed E-state index contributed by atoms with van der Waals surface area (Å²) in [6, 6.07) is -0.132. The molecule has 1 saturated carbocycles. The average Bonchev–Trinajstić information content (AvgIpc) is 2.98. The quantitative estimate of drug-likeness (QED) is 0.880. The summed E-state index contributed by atoms with van der Waals surface area (Å²) in [5.74, 6) is -0.249. The molecule has 0 radical (unpaired) electrons. The molecule has 0 saturated heterocycles. The van der Waals surface area contributed by atoms with Gasteiger partial charge in [-0.1, -0.05) is 6.92 Å². The first-order valence-corrected chi connectivity index (χ1v) is 7.35. The molecule has 0 aliphatic heterocycles. The van der Waals surface area contributed by atoms with Gasteiger partial charge in [0.05, 0.1) is 6.04 Å². The number of aromatic nitrogens is 1. The Kier molecular flexibility index (Phi) is 4.02. The van der Waals surface area contributed by atoms with Crippen LogP contribution in [0.25, 0.3) is 0 Å². The number of rotatable bonds is 4. The molecule has 2 rings (SSSR count). The summed E-state index contributed by atoms with van der Waals surface area (Å²) in [6.07, 6.45) is 5.81. The minimum absolute atomic E-state index is 0.132. The zero-order chi connectivity index (χ0) is 13.2. The van der Waals surface area contributed by atoms with Gasteiger partial charge in [-0.15, -0.1) is 11.3 Å². The van der Waals surface area contributed by atoms with Gasteiger partial charge >= 0.3 is 0 Å². The monoisotopic (exact) mass is 268 g/mol. The Balaban J connectivity index is 1.98. The van der Waals surface area contributed by atoms with E-state index < -0.39 is 5.60 Å². The summed E-state index contributed by atoms with van der Waals surface area (Å²) in [6.45, 7) is 4.00. The fourth-order valence-electron chi connectivity index (χ4n) is 2.27. The van der Waals surface area contributed by atoms with Crippen molar-refractivity contribution in [1.29, 1.82) is 0 Å². The Morgan fingerprint density at radius 1 is 1.61 bits per heavy atom. The van der Waals surface area contributed by atoms with E-state index in [0.29, 0.717) is 12.8 Å². The number of nitrogens with one attached hydrogen (secondary N) is 1. The minimum atomic E-state index is -1.15. The molecular formula is C13H20N2O2S. The predicted octanol–water partition coefficient (Wildman–Crippen LogP) is 2.19. The van der Waals surface area contributed by atoms with Crippen LogP contribution in [0.15, 0.2) is 6.20 Å². The first kappa shape index (κ1) is 13.5. The van der Waals surface area contributed by atoms with E-state index in [1.165, 1.54) is 4.88 Å². The van der Waals surface area contributed by atoms with Crippen molar-refractivity contribution in [3.63, 3.8) is 0 Å². The minimum Gasteiger partial charge on any atom is -0.380 e. The second kappa shape index (κ2) is 5.36. The fourth-order valence-corrected chi connectivity index (χ4v) is 3.13. The summed E-state index contributed by atoms with van der Waals surface area (Å²) in [4.78, 5) is 17.6. The van der Waals surface area contributed by atoms with Crippen LogP contribution < -0.4 is 5.32 Å². The van der Waals surface area contributed by atoms with Gasteiger partial charge in [0.1, 0.15) is 10.6 Å². The number of carbonyl (C=O) groups is 1. The fraction of sp³-hybridized carbons (Fsp3) is 0.692. The number of amides is 1. The molecule has 1 aliphatic carbocycles. The number of nitrogens with zero attached hydrogens (tertiary/aromatic N) is 1. The summed E-state index contributed by atoms with van der Waals surface area (Å²) in [7, 11) is 0. The molecule has 100 valence electrons. The standard InChI is InChI=1S/C13H20N2O2S/c1-3-10-8-14-11(18-10)9(2)15-12(16)13(17)6-4-5-7-13/h8-9,17H,3-7H2,1-2H3,(H,15,16). The van der Waals surface area contributed by atoms with Crippen LogP contribution in [0, 0.1) is 0 Å². The third-order valence-electron chi connectivity index (χ3n) is 3.49. The van der Waals surface area contributed by atoms with Gasteiger partial charge in [-0.2, -0.15) is 0 Å². The summed E-state index contributed by atoms with van der Waals surface area (Å²) >= 11 is 1.62. The number of thiazole rings is 1. The van der Waals surface area contributed by atoms with E-state index in [0.717, 1.165) is 24.3 Å². The van der Waals surface area contributed by atoms with E-state index in [9.17, 15) is 9.90 Å². The molecule has 5 heteroatoms. The van der Waals surface area contributed by atoms with Crippen molar-refractivity contribution in [3.05, 3.63) is 16.1 Å². The number of hydrogen-bond donors (Lipinski definition) is 2. The molecule has 1 aliphatic rings. The third kappa shape index (κ3) is 2.72. The number of aliphatic hydroxyl groups is 1. The van der Waals surface area contributed by atoms with Crippen molar-refractivity contribution < 1.29 is 9.90 Å². The van der Waals surface area contributed by atoms with Gasteiger partial charge in [-0.05, 0) is 39.0 Å². The predicted molar refractivity (Wildman–Crippen MR) is 71.5 cm³/mol. The van der Waals surface area contributed by atoms with Gasteiger partial charge in [0.15, 0.2) is 0 Å². The molecule has 0 bridgehead atoms. The molecule has 1 atom stereocenters. The number of carbonyl (C=O) groups excluding carboxylic acids is 1. The van der Waals surface area contributed by atoms with E-state index in [-0.39, 0.29) is 11.9 Å². The molecule has 0 aromatic carbocycles. The lowest BCUT2D eigenvalue weighted by atomic mass is 10.0. The molecule has 1 fully saturated rings. The maximum Gasteiger partial charge on any atom is 0.252 e. The highest BCUT2D eigenvalue weighted by molar-refractivity contribution is 7.11. The number of aryl methyl sites for hydroxylation is 1. The third-order valence-corrected chi connectivity index (χ3v) is 4.82. The molecule has 1 unspecified atom stereocenters. The van der Waals surface area contributed by atoms with Gasteiger partial charge in [0, 0.05) is 11.1 Å². The number of hydrogen-bond acceptors (Lipinski definition) is 4. The molecular weight excluding hydrogens is 248 g/mol. The lowest BCUT2D eigenvalue weighted by Crippen LogP contribution is -2.45. The van der Waals surface area contributed by atoms with E-state index in [4.69, 9.17) is 0 Å².